The SMILES string of the molecule is CCCCNC(=O)C(c1c(C)cccc1C)N(C(=O)C(CO)NC(=O)OC(C)(C)C)C(C)CCC(C)C. The Balaban J connectivity index is 3.58. The molecule has 0 spiro atoms. The molecule has 3 N–H and O–H groups in total. The third-order valence-electron chi connectivity index (χ3n) is 6.23. The fraction of sp³-hybridized carbons (Fsp3) is 0.690. The molecule has 0 saturated carbocycles. The predicted octanol–water partition coefficient (Wildman–Crippen LogP) is 4.80. The Morgan fingerprint density at radius 1 is 1.05 bits per heavy atom. The van der Waals surface area contributed by atoms with E-state index in [4.69, 9.17) is 4.74 Å². The standard InChI is InChI=1S/C29H49N3O5/c1-10-11-17-30-26(34)25(24-20(4)13-12-14-21(24)5)32(22(6)16-15-19(2)3)27(35)23(18-33)31-28(36)37-29(7,8)9/h12-14,19,22-23,25,33H,10-11,15-18H2,1-9H3,(H,30,34)(H,31,36). The zero-order valence-corrected chi connectivity index (χ0v) is 24.3. The van der Waals surface area contributed by atoms with Gasteiger partial charge in [0.2, 0.25) is 11.8 Å². The van der Waals surface area contributed by atoms with Crippen molar-refractivity contribution < 1.29 is 24.2 Å². The monoisotopic (exact) mass is 519 g/mol. The molecule has 37 heavy (non-hydrogen) atoms. The molecule has 0 aliphatic carbocycles. The summed E-state index contributed by atoms with van der Waals surface area (Å²) in [4.78, 5) is 41.9. The van der Waals surface area contributed by atoms with Crippen LogP contribution < -0.4 is 10.6 Å². The van der Waals surface area contributed by atoms with Crippen LogP contribution in [0.3, 0.4) is 0 Å². The van der Waals surface area contributed by atoms with Gasteiger partial charge in [0, 0.05) is 12.6 Å². The zero-order valence-electron chi connectivity index (χ0n) is 24.3. The summed E-state index contributed by atoms with van der Waals surface area (Å²) >= 11 is 0. The fourth-order valence-corrected chi connectivity index (χ4v) is 4.27. The lowest BCUT2D eigenvalue weighted by molar-refractivity contribution is -0.146. The second kappa shape index (κ2) is 15.0. The lowest BCUT2D eigenvalue weighted by Crippen LogP contribution is -2.57. The van der Waals surface area contributed by atoms with E-state index < -0.39 is 36.3 Å². The number of nitrogens with one attached hydrogen (secondary N) is 2. The number of hydrogen-bond donors (Lipinski definition) is 3. The highest BCUT2D eigenvalue weighted by molar-refractivity contribution is 5.92. The molecule has 1 rings (SSSR count). The molecule has 3 amide bonds. The number of amides is 3. The molecule has 1 aromatic carbocycles. The van der Waals surface area contributed by atoms with Gasteiger partial charge in [-0.25, -0.2) is 4.79 Å². The Morgan fingerprint density at radius 2 is 1.65 bits per heavy atom. The summed E-state index contributed by atoms with van der Waals surface area (Å²) in [5.74, 6) is -0.391. The van der Waals surface area contributed by atoms with Gasteiger partial charge in [-0.1, -0.05) is 45.4 Å². The number of nitrogens with zero attached hydrogens (tertiary/aromatic N) is 1. The number of ether oxygens (including phenoxy) is 1. The molecule has 3 unspecified atom stereocenters. The maximum atomic E-state index is 14.0. The van der Waals surface area contributed by atoms with Crippen molar-refractivity contribution in [3.63, 3.8) is 0 Å². The fourth-order valence-electron chi connectivity index (χ4n) is 4.27. The van der Waals surface area contributed by atoms with Gasteiger partial charge in [0.1, 0.15) is 17.7 Å². The van der Waals surface area contributed by atoms with Gasteiger partial charge in [0.05, 0.1) is 6.61 Å². The summed E-state index contributed by atoms with van der Waals surface area (Å²) in [5, 5.41) is 15.7. The van der Waals surface area contributed by atoms with Crippen molar-refractivity contribution in [1.82, 2.24) is 15.5 Å². The van der Waals surface area contributed by atoms with Crippen LogP contribution in [0.5, 0.6) is 0 Å². The summed E-state index contributed by atoms with van der Waals surface area (Å²) in [6.45, 7) is 17.1. The smallest absolute Gasteiger partial charge is 0.408 e. The molecule has 0 aliphatic rings. The van der Waals surface area contributed by atoms with E-state index in [0.29, 0.717) is 18.9 Å². The van der Waals surface area contributed by atoms with Crippen LogP contribution in [0.25, 0.3) is 0 Å². The Labute approximate surface area is 223 Å². The molecular weight excluding hydrogens is 470 g/mol. The minimum absolute atomic E-state index is 0.274. The third kappa shape index (κ3) is 10.3. The Hall–Kier alpha value is -2.61. The molecule has 1 aromatic rings. The summed E-state index contributed by atoms with van der Waals surface area (Å²) in [6, 6.07) is 3.28. The summed E-state index contributed by atoms with van der Waals surface area (Å²) in [7, 11) is 0. The van der Waals surface area contributed by atoms with E-state index in [0.717, 1.165) is 36.0 Å². The topological polar surface area (TPSA) is 108 Å². The van der Waals surface area contributed by atoms with Crippen molar-refractivity contribution in [2.24, 2.45) is 5.92 Å². The Morgan fingerprint density at radius 3 is 2.14 bits per heavy atom. The molecule has 3 atom stereocenters. The van der Waals surface area contributed by atoms with Crippen LogP contribution in [-0.4, -0.2) is 58.8 Å². The number of carbonyl (C=O) groups is 3. The highest BCUT2D eigenvalue weighted by Crippen LogP contribution is 2.31. The van der Waals surface area contributed by atoms with Gasteiger partial charge < -0.3 is 25.4 Å². The van der Waals surface area contributed by atoms with Crippen LogP contribution in [-0.2, 0) is 14.3 Å². The van der Waals surface area contributed by atoms with Crippen LogP contribution in [0.4, 0.5) is 4.79 Å². The van der Waals surface area contributed by atoms with Crippen molar-refractivity contribution in [3.8, 4) is 0 Å². The van der Waals surface area contributed by atoms with E-state index in [-0.39, 0.29) is 11.9 Å². The van der Waals surface area contributed by atoms with Crippen LogP contribution in [0.1, 0.15) is 96.9 Å². The third-order valence-corrected chi connectivity index (χ3v) is 6.23. The normalized spacial score (nSPS) is 14.0. The Kier molecular flexibility index (Phi) is 13.1. The van der Waals surface area contributed by atoms with Crippen LogP contribution >= 0.6 is 0 Å². The molecular formula is C29H49N3O5. The highest BCUT2D eigenvalue weighted by Gasteiger charge is 2.39. The summed E-state index contributed by atoms with van der Waals surface area (Å²) < 4.78 is 5.32. The molecule has 0 bridgehead atoms. The number of aryl methyl sites for hydroxylation is 2. The number of alkyl carbamates (subject to hydrolysis) is 1. The first-order valence-electron chi connectivity index (χ1n) is 13.5. The number of benzene rings is 1. The van der Waals surface area contributed by atoms with Crippen molar-refractivity contribution in [2.45, 2.75) is 112 Å². The molecule has 0 heterocycles. The van der Waals surface area contributed by atoms with E-state index in [1.54, 1.807) is 25.7 Å². The maximum absolute atomic E-state index is 14.0. The van der Waals surface area contributed by atoms with Gasteiger partial charge in [0.25, 0.3) is 0 Å². The first kappa shape index (κ1) is 32.4. The molecule has 0 radical (unpaired) electrons. The molecule has 210 valence electrons. The second-order valence-corrected chi connectivity index (χ2v) is 11.3. The van der Waals surface area contributed by atoms with Gasteiger partial charge in [0.15, 0.2) is 0 Å². The quantitative estimate of drug-likeness (QED) is 0.325. The number of aliphatic hydroxyl groups excluding tert-OH is 1. The van der Waals surface area contributed by atoms with E-state index in [1.165, 1.54) is 0 Å². The molecule has 0 aliphatic heterocycles. The zero-order chi connectivity index (χ0) is 28.3. The second-order valence-electron chi connectivity index (χ2n) is 11.3. The van der Waals surface area contributed by atoms with Crippen molar-refractivity contribution in [3.05, 3.63) is 34.9 Å². The lowest BCUT2D eigenvalue weighted by Gasteiger charge is -2.39. The van der Waals surface area contributed by atoms with Crippen molar-refractivity contribution in [1.29, 1.82) is 0 Å². The minimum atomic E-state index is -1.26. The van der Waals surface area contributed by atoms with Crippen LogP contribution in [0.2, 0.25) is 0 Å². The van der Waals surface area contributed by atoms with Gasteiger partial charge in [-0.3, -0.25) is 9.59 Å². The maximum Gasteiger partial charge on any atom is 0.408 e. The highest BCUT2D eigenvalue weighted by atomic mass is 16.6. The molecule has 0 aromatic heterocycles. The molecule has 8 heteroatoms. The van der Waals surface area contributed by atoms with E-state index in [9.17, 15) is 19.5 Å². The molecule has 0 saturated heterocycles. The molecule has 0 fully saturated rings. The number of unbranched alkanes of at least 4 members (excludes halogenated alkanes) is 1. The van der Waals surface area contributed by atoms with Gasteiger partial charge in [-0.05, 0) is 83.4 Å². The first-order valence-corrected chi connectivity index (χ1v) is 13.5. The number of rotatable bonds is 13. The average molecular weight is 520 g/mol. The Bertz CT molecular complexity index is 874. The largest absolute Gasteiger partial charge is 0.444 e. The predicted molar refractivity (Wildman–Crippen MR) is 147 cm³/mol. The van der Waals surface area contributed by atoms with Gasteiger partial charge in [-0.15, -0.1) is 0 Å². The lowest BCUT2D eigenvalue weighted by atomic mass is 9.91. The van der Waals surface area contributed by atoms with Crippen LogP contribution in [0.15, 0.2) is 18.2 Å². The van der Waals surface area contributed by atoms with Gasteiger partial charge >= 0.3 is 6.09 Å². The average Bonchev–Trinajstić information content (AvgIpc) is 2.78. The van der Waals surface area contributed by atoms with Crippen molar-refractivity contribution >= 4 is 17.9 Å². The number of hydrogen-bond acceptors (Lipinski definition) is 5. The summed E-state index contributed by atoms with van der Waals surface area (Å²) in [6.07, 6.45) is 2.46. The number of carbonyl (C=O) groups excluding carboxylic acids is 3. The van der Waals surface area contributed by atoms with E-state index in [2.05, 4.69) is 24.5 Å². The van der Waals surface area contributed by atoms with Gasteiger partial charge in [-0.2, -0.15) is 0 Å². The molecule has 8 nitrogen and oxygen atoms in total. The first-order chi connectivity index (χ1) is 17.2. The minimum Gasteiger partial charge on any atom is -0.444 e. The van der Waals surface area contributed by atoms with E-state index in [1.807, 2.05) is 45.9 Å². The summed E-state index contributed by atoms with van der Waals surface area (Å²) in [5.41, 5.74) is 1.78. The van der Waals surface area contributed by atoms with Crippen molar-refractivity contribution in [2.75, 3.05) is 13.2 Å². The van der Waals surface area contributed by atoms with Crippen LogP contribution in [0, 0.1) is 19.8 Å². The van der Waals surface area contributed by atoms with E-state index >= 15 is 0 Å². The number of aliphatic hydroxyl groups is 1.